The average molecular weight is 591 g/mol. The summed E-state index contributed by atoms with van der Waals surface area (Å²) in [5.41, 5.74) is 5.52. The Morgan fingerprint density at radius 3 is 2.79 bits per heavy atom. The molecule has 0 spiro atoms. The lowest BCUT2D eigenvalue weighted by Gasteiger charge is -2.49. The molecule has 4 rings (SSSR count). The number of nitrogens with zero attached hydrogens (tertiary/aromatic N) is 5. The molecule has 2 aliphatic heterocycles. The van der Waals surface area contributed by atoms with Gasteiger partial charge in [0, 0.05) is 18.2 Å². The van der Waals surface area contributed by atoms with E-state index in [0.29, 0.717) is 5.57 Å². The zero-order valence-corrected chi connectivity index (χ0v) is 21.1. The molecule has 4 heterocycles. The summed E-state index contributed by atoms with van der Waals surface area (Å²) in [5, 5.41) is 27.6. The van der Waals surface area contributed by atoms with Crippen LogP contribution in [0.3, 0.4) is 0 Å². The van der Waals surface area contributed by atoms with Crippen molar-refractivity contribution >= 4 is 97.2 Å². The number of thiazole rings is 1. The number of nitrogen functional groups attached to an aromatic ring is 1. The van der Waals surface area contributed by atoms with Gasteiger partial charge in [-0.15, -0.1) is 50.3 Å². The Morgan fingerprint density at radius 2 is 2.15 bits per heavy atom. The number of nitrogens with one attached hydrogen (secondary N) is 2. The number of anilines is 2. The van der Waals surface area contributed by atoms with Gasteiger partial charge in [0.25, 0.3) is 17.7 Å². The summed E-state index contributed by atoms with van der Waals surface area (Å²) in [4.78, 5) is 57.7. The van der Waals surface area contributed by atoms with Crippen LogP contribution in [0, 0.1) is 0 Å². The van der Waals surface area contributed by atoms with Gasteiger partial charge >= 0.3 is 5.97 Å². The SMILES string of the molecule is Br.CC(=O)Nc1nnc(C2=C(C(=O)O)N3C(=O)C(NC(=O)/C=N/Oc4csc(N)n4)C3SC2)s1. The highest BCUT2D eigenvalue weighted by atomic mass is 79.9. The zero-order chi connectivity index (χ0) is 23.7. The number of carbonyl (C=O) groups excluding carboxylic acids is 3. The van der Waals surface area contributed by atoms with E-state index in [4.69, 9.17) is 10.6 Å². The number of fused-ring (bicyclic) bond motifs is 1. The summed E-state index contributed by atoms with van der Waals surface area (Å²) in [7, 11) is 0. The van der Waals surface area contributed by atoms with Crippen LogP contribution in [0.15, 0.2) is 16.2 Å². The lowest BCUT2D eigenvalue weighted by atomic mass is 10.0. The molecule has 0 saturated carbocycles. The van der Waals surface area contributed by atoms with Crippen LogP contribution < -0.4 is 21.2 Å². The predicted octanol–water partition coefficient (Wildman–Crippen LogP) is 0.373. The Balaban J connectivity index is 0.00000324. The van der Waals surface area contributed by atoms with Crippen LogP contribution in [0.2, 0.25) is 0 Å². The second kappa shape index (κ2) is 10.5. The molecule has 2 aliphatic rings. The molecule has 34 heavy (non-hydrogen) atoms. The minimum Gasteiger partial charge on any atom is -0.477 e. The van der Waals surface area contributed by atoms with Gasteiger partial charge in [-0.05, 0) is 0 Å². The van der Waals surface area contributed by atoms with Gasteiger partial charge in [-0.1, -0.05) is 16.5 Å². The Labute approximate surface area is 213 Å². The number of thioether (sulfide) groups is 1. The number of hydrogen-bond donors (Lipinski definition) is 4. The van der Waals surface area contributed by atoms with E-state index in [9.17, 15) is 24.3 Å². The molecule has 0 radical (unpaired) electrons. The zero-order valence-electron chi connectivity index (χ0n) is 17.0. The Kier molecular flexibility index (Phi) is 7.85. The number of carboxylic acid groups (broad SMARTS) is 1. The summed E-state index contributed by atoms with van der Waals surface area (Å²) in [6.45, 7) is 1.31. The molecule has 0 aliphatic carbocycles. The molecule has 5 N–H and O–H groups in total. The van der Waals surface area contributed by atoms with Crippen LogP contribution >= 0.6 is 51.4 Å². The van der Waals surface area contributed by atoms with Crippen molar-refractivity contribution < 1.29 is 29.1 Å². The van der Waals surface area contributed by atoms with Gasteiger partial charge in [-0.25, -0.2) is 4.79 Å². The molecule has 2 atom stereocenters. The standard InChI is InChI=1S/C16H14N8O6S3.BrH/c1-5(25)19-16-23-22-11(33-16)6-3-31-13-9(12(27)24(13)10(6)14(28)29)20-7(26)2-18-30-8-4-32-15(17)21-8;/h2,4,9,13H,3H2,1H3,(H2,17,21)(H,20,26)(H,28,29)(H,19,23,25);1H/b18-2+;. The largest absolute Gasteiger partial charge is 0.477 e. The summed E-state index contributed by atoms with van der Waals surface area (Å²) >= 11 is 3.40. The minimum atomic E-state index is -1.32. The van der Waals surface area contributed by atoms with Gasteiger partial charge < -0.3 is 26.3 Å². The van der Waals surface area contributed by atoms with Gasteiger partial charge in [-0.2, -0.15) is 4.98 Å². The first-order valence-electron chi connectivity index (χ1n) is 8.99. The third-order valence-corrected chi connectivity index (χ3v) is 7.08. The smallest absolute Gasteiger partial charge is 0.353 e. The number of amides is 3. The fraction of sp³-hybridized carbons (Fsp3) is 0.250. The second-order valence-corrected chi connectivity index (χ2v) is 9.44. The van der Waals surface area contributed by atoms with Crippen LogP contribution in [0.4, 0.5) is 10.3 Å². The molecule has 2 aromatic rings. The highest BCUT2D eigenvalue weighted by molar-refractivity contribution is 8.93. The molecule has 0 bridgehead atoms. The number of rotatable bonds is 7. The van der Waals surface area contributed by atoms with E-state index < -0.39 is 29.2 Å². The predicted molar refractivity (Wildman–Crippen MR) is 130 cm³/mol. The van der Waals surface area contributed by atoms with Crippen LogP contribution in [0.1, 0.15) is 11.9 Å². The van der Waals surface area contributed by atoms with Crippen molar-refractivity contribution in [1.29, 1.82) is 0 Å². The van der Waals surface area contributed by atoms with E-state index in [0.717, 1.165) is 33.8 Å². The van der Waals surface area contributed by atoms with Crippen LogP contribution in [-0.2, 0) is 19.2 Å². The number of aliphatic carboxylic acids is 1. The molecule has 2 unspecified atom stereocenters. The highest BCUT2D eigenvalue weighted by Crippen LogP contribution is 2.44. The second-order valence-electron chi connectivity index (χ2n) is 6.47. The van der Waals surface area contributed by atoms with Gasteiger partial charge in [0.1, 0.15) is 28.3 Å². The van der Waals surface area contributed by atoms with Crippen molar-refractivity contribution in [3.8, 4) is 5.88 Å². The maximum absolute atomic E-state index is 12.7. The lowest BCUT2D eigenvalue weighted by molar-refractivity contribution is -0.149. The fourth-order valence-electron chi connectivity index (χ4n) is 2.96. The molecule has 0 aromatic carbocycles. The topological polar surface area (TPSA) is 202 Å². The Hall–Kier alpha value is -3.09. The number of hydrogen-bond acceptors (Lipinski definition) is 13. The average Bonchev–Trinajstić information content (AvgIpc) is 3.39. The summed E-state index contributed by atoms with van der Waals surface area (Å²) in [5.74, 6) is -2.63. The first-order valence-corrected chi connectivity index (χ1v) is 11.7. The number of oxime groups is 1. The van der Waals surface area contributed by atoms with Crippen LogP contribution in [0.5, 0.6) is 5.88 Å². The van der Waals surface area contributed by atoms with Crippen LogP contribution in [-0.4, -0.2) is 72.3 Å². The molecule has 18 heteroatoms. The molecule has 1 fully saturated rings. The lowest BCUT2D eigenvalue weighted by Crippen LogP contribution is -2.70. The van der Waals surface area contributed by atoms with Gasteiger partial charge in [0.05, 0.1) is 5.38 Å². The summed E-state index contributed by atoms with van der Waals surface area (Å²) in [6, 6.07) is -0.941. The van der Waals surface area contributed by atoms with Crippen molar-refractivity contribution in [2.75, 3.05) is 16.8 Å². The van der Waals surface area contributed by atoms with E-state index in [1.54, 1.807) is 0 Å². The van der Waals surface area contributed by atoms with Crippen molar-refractivity contribution in [2.45, 2.75) is 18.3 Å². The summed E-state index contributed by atoms with van der Waals surface area (Å²) < 4.78 is 0. The van der Waals surface area contributed by atoms with E-state index in [-0.39, 0.29) is 55.5 Å². The first kappa shape index (κ1) is 25.5. The number of halogens is 1. The third kappa shape index (κ3) is 5.18. The van der Waals surface area contributed by atoms with E-state index in [2.05, 4.69) is 31.0 Å². The Bertz CT molecular complexity index is 1210. The fourth-order valence-corrected chi connectivity index (χ4v) is 5.69. The monoisotopic (exact) mass is 590 g/mol. The van der Waals surface area contributed by atoms with Crippen molar-refractivity contribution in [2.24, 2.45) is 5.16 Å². The highest BCUT2D eigenvalue weighted by Gasteiger charge is 2.54. The molecule has 180 valence electrons. The van der Waals surface area contributed by atoms with Crippen molar-refractivity contribution in [1.82, 2.24) is 25.4 Å². The quantitative estimate of drug-likeness (QED) is 0.197. The normalized spacial score (nSPS) is 19.2. The number of β-lactam (4-membered cyclic amide) rings is 1. The summed E-state index contributed by atoms with van der Waals surface area (Å²) in [6.07, 6.45) is 0.836. The maximum atomic E-state index is 12.7. The Morgan fingerprint density at radius 1 is 1.38 bits per heavy atom. The van der Waals surface area contributed by atoms with Crippen LogP contribution in [0.25, 0.3) is 5.57 Å². The van der Waals surface area contributed by atoms with E-state index >= 15 is 0 Å². The first-order chi connectivity index (χ1) is 15.7. The molecule has 14 nitrogen and oxygen atoms in total. The minimum absolute atomic E-state index is 0. The molecule has 2 aromatic heterocycles. The number of nitrogens with two attached hydrogens (primary N) is 1. The van der Waals surface area contributed by atoms with Gasteiger partial charge in [0.15, 0.2) is 5.13 Å². The number of carboxylic acids is 1. The van der Waals surface area contributed by atoms with E-state index in [1.165, 1.54) is 24.1 Å². The van der Waals surface area contributed by atoms with Gasteiger partial charge in [0.2, 0.25) is 11.0 Å². The number of carbonyl (C=O) groups is 4. The molecule has 1 saturated heterocycles. The van der Waals surface area contributed by atoms with Crippen molar-refractivity contribution in [3.63, 3.8) is 0 Å². The van der Waals surface area contributed by atoms with E-state index in [1.807, 2.05) is 0 Å². The maximum Gasteiger partial charge on any atom is 0.353 e. The third-order valence-electron chi connectivity index (χ3n) is 4.25. The van der Waals surface area contributed by atoms with Gasteiger partial charge in [-0.3, -0.25) is 19.3 Å². The molecular formula is C16H15BrN8O6S3. The molecule has 3 amide bonds. The van der Waals surface area contributed by atoms with Crippen molar-refractivity contribution in [3.05, 3.63) is 16.1 Å². The molecular weight excluding hydrogens is 576 g/mol. The number of aromatic nitrogens is 3.